The number of aromatic nitrogens is 2. The Morgan fingerprint density at radius 1 is 0.750 bits per heavy atom. The largest absolute Gasteiger partial charge is 0.329 e. The molecule has 2 aromatic carbocycles. The topological polar surface area (TPSA) is 59.0 Å². The van der Waals surface area contributed by atoms with Crippen molar-refractivity contribution < 1.29 is 4.79 Å². The minimum atomic E-state index is -0.399. The molecule has 2 amide bonds. The monoisotopic (exact) mass is 540 g/mol. The van der Waals surface area contributed by atoms with Crippen molar-refractivity contribution in [1.82, 2.24) is 15.1 Å². The summed E-state index contributed by atoms with van der Waals surface area (Å²) < 4.78 is 1.81. The summed E-state index contributed by atoms with van der Waals surface area (Å²) in [7, 11) is 0. The number of nitrogens with one attached hydrogen (secondary N) is 2. The molecule has 4 rings (SSSR count). The average molecular weight is 541 g/mol. The molecule has 1 aliphatic carbocycles. The van der Waals surface area contributed by atoms with Crippen LogP contribution >= 0.6 is 0 Å². The molecule has 3 aromatic rings. The predicted molar refractivity (Wildman–Crippen MR) is 168 cm³/mol. The van der Waals surface area contributed by atoms with Gasteiger partial charge >= 0.3 is 6.03 Å². The minimum Gasteiger partial charge on any atom is -0.329 e. The van der Waals surface area contributed by atoms with Gasteiger partial charge in [0.2, 0.25) is 0 Å². The lowest BCUT2D eigenvalue weighted by molar-refractivity contribution is 0.237. The predicted octanol–water partition coefficient (Wildman–Crippen LogP) is 9.62. The highest BCUT2D eigenvalue weighted by Gasteiger charge is 2.29. The fourth-order valence-corrected chi connectivity index (χ4v) is 5.83. The van der Waals surface area contributed by atoms with Crippen LogP contribution in [0.25, 0.3) is 11.8 Å². The number of amides is 2. The summed E-state index contributed by atoms with van der Waals surface area (Å²) in [6.45, 7) is 1.95. The molecule has 2 N–H and O–H groups in total. The fourth-order valence-electron chi connectivity index (χ4n) is 5.83. The first-order valence-corrected chi connectivity index (χ1v) is 15.6. The first kappa shape index (κ1) is 29.6. The summed E-state index contributed by atoms with van der Waals surface area (Å²) in [5, 5.41) is 11.2. The molecule has 40 heavy (non-hydrogen) atoms. The Labute approximate surface area is 241 Å². The highest BCUT2D eigenvalue weighted by Crippen LogP contribution is 2.28. The highest BCUT2D eigenvalue weighted by atomic mass is 16.2. The van der Waals surface area contributed by atoms with Crippen molar-refractivity contribution in [2.24, 2.45) is 0 Å². The lowest BCUT2D eigenvalue weighted by Gasteiger charge is -2.33. The van der Waals surface area contributed by atoms with Crippen molar-refractivity contribution in [3.63, 3.8) is 0 Å². The Balaban J connectivity index is 1.53. The molecule has 5 nitrogen and oxygen atoms in total. The van der Waals surface area contributed by atoms with E-state index >= 15 is 0 Å². The van der Waals surface area contributed by atoms with E-state index in [1.54, 1.807) is 4.68 Å². The lowest BCUT2D eigenvalue weighted by atomic mass is 9.85. The number of urea groups is 1. The number of nitrogens with zero attached hydrogens (tertiary/aromatic N) is 2. The first-order valence-electron chi connectivity index (χ1n) is 15.6. The zero-order chi connectivity index (χ0) is 27.9. The zero-order valence-corrected chi connectivity index (χ0v) is 24.4. The maximum Gasteiger partial charge on any atom is 0.321 e. The molecule has 0 saturated heterocycles. The third-order valence-electron chi connectivity index (χ3n) is 8.08. The quantitative estimate of drug-likeness (QED) is 0.338. The van der Waals surface area contributed by atoms with Gasteiger partial charge in [-0.1, -0.05) is 144 Å². The van der Waals surface area contributed by atoms with Crippen molar-refractivity contribution in [2.75, 3.05) is 5.32 Å². The molecule has 0 bridgehead atoms. The summed E-state index contributed by atoms with van der Waals surface area (Å²) in [6, 6.07) is 22.1. The Bertz CT molecular complexity index is 1150. The Kier molecular flexibility index (Phi) is 11.9. The number of anilines is 1. The average Bonchev–Trinajstić information content (AvgIpc) is 3.33. The van der Waals surface area contributed by atoms with Gasteiger partial charge in [-0.15, -0.1) is 0 Å². The smallest absolute Gasteiger partial charge is 0.321 e. The van der Waals surface area contributed by atoms with E-state index in [0.29, 0.717) is 5.82 Å². The van der Waals surface area contributed by atoms with E-state index in [0.717, 1.165) is 42.6 Å². The number of hydrogen-bond acceptors (Lipinski definition) is 2. The van der Waals surface area contributed by atoms with E-state index in [1.165, 1.54) is 70.6 Å². The molecule has 0 radical (unpaired) electrons. The van der Waals surface area contributed by atoms with E-state index in [9.17, 15) is 4.79 Å². The summed E-state index contributed by atoms with van der Waals surface area (Å²) >= 11 is 0. The van der Waals surface area contributed by atoms with Crippen LogP contribution in [0.2, 0.25) is 0 Å². The number of carbonyl (C=O) groups excluding carboxylic acids is 1. The van der Waals surface area contributed by atoms with Gasteiger partial charge in [0.1, 0.15) is 5.82 Å². The van der Waals surface area contributed by atoms with Crippen molar-refractivity contribution in [3.8, 4) is 5.69 Å². The maximum atomic E-state index is 13.7. The molecule has 5 heteroatoms. The van der Waals surface area contributed by atoms with Crippen LogP contribution in [0.5, 0.6) is 0 Å². The molecular weight excluding hydrogens is 492 g/mol. The first-order chi connectivity index (χ1) is 19.6. The van der Waals surface area contributed by atoms with E-state index in [-0.39, 0.29) is 6.03 Å². The Morgan fingerprint density at radius 2 is 1.25 bits per heavy atom. The summed E-state index contributed by atoms with van der Waals surface area (Å²) in [6.07, 6.45) is 23.1. The molecule has 1 fully saturated rings. The lowest BCUT2D eigenvalue weighted by Crippen LogP contribution is -2.49. The van der Waals surface area contributed by atoms with Crippen LogP contribution in [0.15, 0.2) is 72.8 Å². The van der Waals surface area contributed by atoms with E-state index in [1.807, 2.05) is 49.4 Å². The van der Waals surface area contributed by atoms with Gasteiger partial charge in [0, 0.05) is 6.07 Å². The zero-order valence-electron chi connectivity index (χ0n) is 24.4. The number of benzene rings is 2. The van der Waals surface area contributed by atoms with Gasteiger partial charge in [-0.3, -0.25) is 5.32 Å². The molecule has 1 aromatic heterocycles. The van der Waals surface area contributed by atoms with Gasteiger partial charge in [0.25, 0.3) is 0 Å². The molecule has 0 unspecified atom stereocenters. The number of rotatable bonds is 5. The number of carbonyl (C=O) groups is 1. The van der Waals surface area contributed by atoms with Gasteiger partial charge in [-0.25, -0.2) is 9.48 Å². The molecule has 1 aliphatic rings. The van der Waals surface area contributed by atoms with Crippen LogP contribution < -0.4 is 10.6 Å². The number of aryl methyl sites for hydroxylation is 1. The highest BCUT2D eigenvalue weighted by molar-refractivity contribution is 5.89. The van der Waals surface area contributed by atoms with Crippen LogP contribution in [0.1, 0.15) is 108 Å². The summed E-state index contributed by atoms with van der Waals surface area (Å²) in [4.78, 5) is 13.7. The molecule has 1 heterocycles. The van der Waals surface area contributed by atoms with Gasteiger partial charge in [-0.05, 0) is 37.5 Å². The number of para-hydroxylation sites is 1. The third-order valence-corrected chi connectivity index (χ3v) is 8.08. The third kappa shape index (κ3) is 9.69. The van der Waals surface area contributed by atoms with Gasteiger partial charge in [0.15, 0.2) is 0 Å². The fraction of sp³-hybridized carbons (Fsp3) is 0.486. The van der Waals surface area contributed by atoms with Crippen LogP contribution in [0, 0.1) is 6.92 Å². The van der Waals surface area contributed by atoms with Gasteiger partial charge in [-0.2, -0.15) is 5.10 Å². The second kappa shape index (κ2) is 16.1. The van der Waals surface area contributed by atoms with E-state index in [2.05, 4.69) is 52.1 Å². The molecule has 0 atom stereocenters. The SMILES string of the molecule is Cc1cc(NC(=O)NC2(/C=C/c3ccccc3)CCCCCCCCCCCCCCC2)n(-c2ccccc2)n1. The van der Waals surface area contributed by atoms with E-state index < -0.39 is 5.54 Å². The second-order valence-electron chi connectivity index (χ2n) is 11.5. The molecule has 0 spiro atoms. The van der Waals surface area contributed by atoms with Gasteiger partial charge < -0.3 is 5.32 Å². The van der Waals surface area contributed by atoms with Crippen molar-refractivity contribution in [3.05, 3.63) is 84.1 Å². The standard InChI is InChI=1S/C35H48N4O/c1-30-29-33(39(38-30)32-23-17-14-18-24-32)36-34(40)37-35(28-25-31-21-15-13-16-22-31)26-19-11-9-7-5-3-2-4-6-8-10-12-20-27-35/h13-18,21-25,28-29H,2-12,19-20,26-27H2,1H3,(H2,36,37,40)/b28-25+. The molecule has 0 aliphatic heterocycles. The minimum absolute atomic E-state index is 0.177. The van der Waals surface area contributed by atoms with Crippen LogP contribution in [-0.4, -0.2) is 21.4 Å². The van der Waals surface area contributed by atoms with Crippen molar-refractivity contribution in [1.29, 1.82) is 0 Å². The summed E-state index contributed by atoms with van der Waals surface area (Å²) in [5.41, 5.74) is 2.55. The van der Waals surface area contributed by atoms with Crippen molar-refractivity contribution in [2.45, 2.75) is 109 Å². The molecule has 214 valence electrons. The van der Waals surface area contributed by atoms with Gasteiger partial charge in [0.05, 0.1) is 16.9 Å². The molecule has 1 saturated carbocycles. The van der Waals surface area contributed by atoms with Crippen molar-refractivity contribution >= 4 is 17.9 Å². The maximum absolute atomic E-state index is 13.7. The second-order valence-corrected chi connectivity index (χ2v) is 11.5. The molecular formula is C35H48N4O. The van der Waals surface area contributed by atoms with Crippen LogP contribution in [0.3, 0.4) is 0 Å². The van der Waals surface area contributed by atoms with Crippen LogP contribution in [0.4, 0.5) is 10.6 Å². The van der Waals surface area contributed by atoms with Crippen LogP contribution in [-0.2, 0) is 0 Å². The normalized spacial score (nSPS) is 17.8. The Hall–Kier alpha value is -3.34. The Morgan fingerprint density at radius 3 is 1.80 bits per heavy atom. The summed E-state index contributed by atoms with van der Waals surface area (Å²) in [5.74, 6) is 0.677. The number of hydrogen-bond donors (Lipinski definition) is 2. The van der Waals surface area contributed by atoms with E-state index in [4.69, 9.17) is 0 Å².